The number of rotatable bonds is 7. The Morgan fingerprint density at radius 2 is 1.74 bits per heavy atom. The highest BCUT2D eigenvalue weighted by Gasteiger charge is 2.04. The third kappa shape index (κ3) is 5.75. The fourth-order valence-corrected chi connectivity index (χ4v) is 2.30. The van der Waals surface area contributed by atoms with Crippen molar-refractivity contribution in [3.8, 4) is 5.75 Å². The summed E-state index contributed by atoms with van der Waals surface area (Å²) >= 11 is 6.14. The minimum Gasteiger partial charge on any atom is -0.492 e. The van der Waals surface area contributed by atoms with Crippen molar-refractivity contribution < 1.29 is 14.6 Å². The number of halogens is 2. The number of ether oxygens (including phenoxy) is 1. The molecule has 2 N–H and O–H groups in total. The second-order valence-corrected chi connectivity index (χ2v) is 5.21. The SMILES string of the molecule is CCOc1ccc(CNCc2ccc(C(=O)O)cc2)cc1Cl.Cl. The molecule has 0 atom stereocenters. The van der Waals surface area contributed by atoms with Crippen molar-refractivity contribution in [2.75, 3.05) is 6.61 Å². The molecule has 2 rings (SSSR count). The molecule has 0 aliphatic heterocycles. The number of benzene rings is 2. The molecule has 2 aromatic carbocycles. The van der Waals surface area contributed by atoms with Crippen LogP contribution in [-0.2, 0) is 13.1 Å². The molecule has 0 aliphatic carbocycles. The van der Waals surface area contributed by atoms with E-state index in [1.54, 1.807) is 12.1 Å². The number of nitrogens with one attached hydrogen (secondary N) is 1. The van der Waals surface area contributed by atoms with Crippen molar-refractivity contribution in [2.24, 2.45) is 0 Å². The van der Waals surface area contributed by atoms with E-state index in [0.717, 1.165) is 11.1 Å². The van der Waals surface area contributed by atoms with Gasteiger partial charge < -0.3 is 15.2 Å². The average molecular weight is 356 g/mol. The fraction of sp³-hybridized carbons (Fsp3) is 0.235. The van der Waals surface area contributed by atoms with E-state index < -0.39 is 5.97 Å². The number of carbonyl (C=O) groups is 1. The highest BCUT2D eigenvalue weighted by atomic mass is 35.5. The van der Waals surface area contributed by atoms with Gasteiger partial charge in [-0.2, -0.15) is 0 Å². The van der Waals surface area contributed by atoms with Crippen LogP contribution in [0.25, 0.3) is 0 Å². The standard InChI is InChI=1S/C17H18ClNO3.ClH/c1-2-22-16-8-5-13(9-15(16)18)11-19-10-12-3-6-14(7-4-12)17(20)21;/h3-9,19H,2,10-11H2,1H3,(H,20,21);1H. The maximum atomic E-state index is 10.8. The van der Waals surface area contributed by atoms with E-state index in [-0.39, 0.29) is 12.4 Å². The lowest BCUT2D eigenvalue weighted by Crippen LogP contribution is -2.12. The van der Waals surface area contributed by atoms with Crippen molar-refractivity contribution in [3.05, 3.63) is 64.2 Å². The summed E-state index contributed by atoms with van der Waals surface area (Å²) in [5, 5.41) is 12.8. The van der Waals surface area contributed by atoms with Crippen LogP contribution < -0.4 is 10.1 Å². The van der Waals surface area contributed by atoms with Gasteiger partial charge in [-0.3, -0.25) is 0 Å². The monoisotopic (exact) mass is 355 g/mol. The molecule has 23 heavy (non-hydrogen) atoms. The van der Waals surface area contributed by atoms with Gasteiger partial charge in [0, 0.05) is 13.1 Å². The van der Waals surface area contributed by atoms with Gasteiger partial charge in [0.15, 0.2) is 0 Å². The second-order valence-electron chi connectivity index (χ2n) is 4.80. The quantitative estimate of drug-likeness (QED) is 0.783. The predicted octanol–water partition coefficient (Wildman–Crippen LogP) is 4.15. The van der Waals surface area contributed by atoms with Crippen LogP contribution in [-0.4, -0.2) is 17.7 Å². The minimum atomic E-state index is -0.913. The normalized spacial score (nSPS) is 10.0. The van der Waals surface area contributed by atoms with Gasteiger partial charge in [0.25, 0.3) is 0 Å². The zero-order valence-electron chi connectivity index (χ0n) is 12.7. The Morgan fingerprint density at radius 1 is 1.13 bits per heavy atom. The van der Waals surface area contributed by atoms with E-state index in [1.807, 2.05) is 37.3 Å². The predicted molar refractivity (Wildman–Crippen MR) is 93.8 cm³/mol. The fourth-order valence-electron chi connectivity index (χ4n) is 2.04. The second kappa shape index (κ2) is 9.40. The molecule has 124 valence electrons. The highest BCUT2D eigenvalue weighted by molar-refractivity contribution is 6.32. The minimum absolute atomic E-state index is 0. The maximum Gasteiger partial charge on any atom is 0.335 e. The summed E-state index contributed by atoms with van der Waals surface area (Å²) in [6.07, 6.45) is 0. The van der Waals surface area contributed by atoms with Crippen LogP contribution in [0.15, 0.2) is 42.5 Å². The molecule has 0 amide bonds. The molecule has 0 heterocycles. The lowest BCUT2D eigenvalue weighted by atomic mass is 10.1. The summed E-state index contributed by atoms with van der Waals surface area (Å²) in [5.74, 6) is -0.222. The van der Waals surface area contributed by atoms with Crippen molar-refractivity contribution in [1.82, 2.24) is 5.32 Å². The Labute approximate surface area is 146 Å². The Kier molecular flexibility index (Phi) is 7.89. The average Bonchev–Trinajstić information content (AvgIpc) is 2.50. The molecule has 0 saturated carbocycles. The van der Waals surface area contributed by atoms with Crippen molar-refractivity contribution in [3.63, 3.8) is 0 Å². The van der Waals surface area contributed by atoms with Crippen LogP contribution in [0.3, 0.4) is 0 Å². The molecule has 0 aromatic heterocycles. The number of aromatic carboxylic acids is 1. The zero-order valence-corrected chi connectivity index (χ0v) is 14.3. The molecule has 0 aliphatic rings. The van der Waals surface area contributed by atoms with E-state index >= 15 is 0 Å². The van der Waals surface area contributed by atoms with Crippen LogP contribution in [0.4, 0.5) is 0 Å². The van der Waals surface area contributed by atoms with Crippen LogP contribution in [0.2, 0.25) is 5.02 Å². The van der Waals surface area contributed by atoms with E-state index in [2.05, 4.69) is 5.32 Å². The summed E-state index contributed by atoms with van der Waals surface area (Å²) in [6, 6.07) is 12.5. The summed E-state index contributed by atoms with van der Waals surface area (Å²) in [6.45, 7) is 3.84. The van der Waals surface area contributed by atoms with Crippen LogP contribution >= 0.6 is 24.0 Å². The van der Waals surface area contributed by atoms with Crippen LogP contribution in [0.5, 0.6) is 5.75 Å². The van der Waals surface area contributed by atoms with Crippen molar-refractivity contribution >= 4 is 30.0 Å². The molecule has 0 saturated heterocycles. The summed E-state index contributed by atoms with van der Waals surface area (Å²) in [5.41, 5.74) is 2.39. The van der Waals surface area contributed by atoms with E-state index in [0.29, 0.717) is 36.0 Å². The summed E-state index contributed by atoms with van der Waals surface area (Å²) < 4.78 is 5.40. The van der Waals surface area contributed by atoms with E-state index in [9.17, 15) is 4.79 Å². The van der Waals surface area contributed by atoms with Gasteiger partial charge >= 0.3 is 5.97 Å². The molecule has 0 unspecified atom stereocenters. The van der Waals surface area contributed by atoms with E-state index in [1.165, 1.54) is 0 Å². The molecule has 6 heteroatoms. The largest absolute Gasteiger partial charge is 0.492 e. The molecular weight excluding hydrogens is 337 g/mol. The lowest BCUT2D eigenvalue weighted by molar-refractivity contribution is 0.0697. The molecule has 0 fully saturated rings. The maximum absolute atomic E-state index is 10.8. The highest BCUT2D eigenvalue weighted by Crippen LogP contribution is 2.25. The zero-order chi connectivity index (χ0) is 15.9. The molecule has 2 aromatic rings. The smallest absolute Gasteiger partial charge is 0.335 e. The van der Waals surface area contributed by atoms with Gasteiger partial charge in [0.2, 0.25) is 0 Å². The third-order valence-electron chi connectivity index (χ3n) is 3.16. The molecular formula is C17H19Cl2NO3. The number of carboxylic acid groups (broad SMARTS) is 1. The Bertz CT molecular complexity index is 645. The van der Waals surface area contributed by atoms with Crippen LogP contribution in [0, 0.1) is 0 Å². The molecule has 4 nitrogen and oxygen atoms in total. The van der Waals surface area contributed by atoms with Gasteiger partial charge in [0.1, 0.15) is 5.75 Å². The molecule has 0 bridgehead atoms. The topological polar surface area (TPSA) is 58.6 Å². The van der Waals surface area contributed by atoms with Crippen molar-refractivity contribution in [2.45, 2.75) is 20.0 Å². The van der Waals surface area contributed by atoms with Gasteiger partial charge in [-0.15, -0.1) is 12.4 Å². The van der Waals surface area contributed by atoms with Gasteiger partial charge in [-0.25, -0.2) is 4.79 Å². The van der Waals surface area contributed by atoms with Gasteiger partial charge in [-0.1, -0.05) is 29.8 Å². The number of carboxylic acids is 1. The Balaban J connectivity index is 0.00000264. The molecule has 0 spiro atoms. The first-order valence-corrected chi connectivity index (χ1v) is 7.42. The number of hydrogen-bond acceptors (Lipinski definition) is 3. The Morgan fingerprint density at radius 3 is 2.30 bits per heavy atom. The summed E-state index contributed by atoms with van der Waals surface area (Å²) in [7, 11) is 0. The van der Waals surface area contributed by atoms with Crippen molar-refractivity contribution in [1.29, 1.82) is 0 Å². The summed E-state index contributed by atoms with van der Waals surface area (Å²) in [4.78, 5) is 10.8. The number of hydrogen-bond donors (Lipinski definition) is 2. The first-order valence-electron chi connectivity index (χ1n) is 7.04. The lowest BCUT2D eigenvalue weighted by Gasteiger charge is -2.09. The van der Waals surface area contributed by atoms with Gasteiger partial charge in [-0.05, 0) is 42.3 Å². The van der Waals surface area contributed by atoms with Crippen LogP contribution in [0.1, 0.15) is 28.4 Å². The van der Waals surface area contributed by atoms with Gasteiger partial charge in [0.05, 0.1) is 17.2 Å². The third-order valence-corrected chi connectivity index (χ3v) is 3.45. The first kappa shape index (κ1) is 19.3. The first-order chi connectivity index (χ1) is 10.6. The van der Waals surface area contributed by atoms with E-state index in [4.69, 9.17) is 21.4 Å². The molecule has 0 radical (unpaired) electrons. The Hall–Kier alpha value is -1.75.